The van der Waals surface area contributed by atoms with Crippen LogP contribution in [0.25, 0.3) is 0 Å². The van der Waals surface area contributed by atoms with E-state index in [9.17, 15) is 18.8 Å². The van der Waals surface area contributed by atoms with E-state index >= 15 is 8.78 Å². The summed E-state index contributed by atoms with van der Waals surface area (Å²) in [7, 11) is 0. The van der Waals surface area contributed by atoms with Gasteiger partial charge in [0.2, 0.25) is 29.2 Å². The van der Waals surface area contributed by atoms with Gasteiger partial charge < -0.3 is 13.9 Å². The number of ketones is 2. The van der Waals surface area contributed by atoms with Crippen molar-refractivity contribution in [2.45, 2.75) is 70.3 Å². The van der Waals surface area contributed by atoms with Gasteiger partial charge in [0, 0.05) is 29.1 Å². The number of halogens is 3. The van der Waals surface area contributed by atoms with Crippen molar-refractivity contribution in [1.29, 1.82) is 0 Å². The number of hydrogen-bond donors (Lipinski definition) is 0. The molecule has 6 nitrogen and oxygen atoms in total. The van der Waals surface area contributed by atoms with Crippen LogP contribution in [-0.2, 0) is 19.1 Å². The fourth-order valence-corrected chi connectivity index (χ4v) is 8.63. The van der Waals surface area contributed by atoms with E-state index in [1.165, 1.54) is 25.3 Å². The Hall–Kier alpha value is -2.49. The zero-order valence-corrected chi connectivity index (χ0v) is 21.7. The van der Waals surface area contributed by atoms with Gasteiger partial charge in [-0.25, -0.2) is 18.0 Å². The lowest BCUT2D eigenvalue weighted by atomic mass is 9.44. The van der Waals surface area contributed by atoms with E-state index in [4.69, 9.17) is 26.1 Å². The molecule has 0 aliphatic heterocycles. The van der Waals surface area contributed by atoms with Gasteiger partial charge in [-0.05, 0) is 67.6 Å². The molecule has 3 saturated carbocycles. The van der Waals surface area contributed by atoms with E-state index in [2.05, 4.69) is 0 Å². The van der Waals surface area contributed by atoms with Crippen LogP contribution in [0.2, 0.25) is 0 Å². The Morgan fingerprint density at radius 2 is 1.95 bits per heavy atom. The molecular weight excluding hydrogens is 509 g/mol. The minimum absolute atomic E-state index is 0.0392. The highest BCUT2D eigenvalue weighted by molar-refractivity contribution is 7.80. The molecule has 4 aliphatic carbocycles. The Balaban J connectivity index is 1.60. The molecule has 3 fully saturated rings. The van der Waals surface area contributed by atoms with E-state index in [0.29, 0.717) is 6.42 Å². The lowest BCUT2D eigenvalue weighted by Gasteiger charge is -2.62. The number of rotatable bonds is 4. The predicted octanol–water partition coefficient (Wildman–Crippen LogP) is 5.44. The molecule has 0 spiro atoms. The molecule has 0 radical (unpaired) electrons. The smallest absolute Gasteiger partial charge is 0.375 e. The number of fused-ring (bicyclic) bond motifs is 5. The predicted molar refractivity (Wildman–Crippen MR) is 129 cm³/mol. The second-order valence-corrected chi connectivity index (χ2v) is 11.7. The van der Waals surface area contributed by atoms with E-state index in [-0.39, 0.29) is 35.6 Å². The van der Waals surface area contributed by atoms with Crippen molar-refractivity contribution in [3.63, 3.8) is 0 Å². The highest BCUT2D eigenvalue weighted by atomic mass is 32.1. The minimum atomic E-state index is -1.98. The summed E-state index contributed by atoms with van der Waals surface area (Å²) >= 11 is 5.50. The zero-order valence-electron chi connectivity index (χ0n) is 20.9. The van der Waals surface area contributed by atoms with Crippen LogP contribution in [0.15, 0.2) is 34.5 Å². The van der Waals surface area contributed by atoms with Crippen LogP contribution < -0.4 is 0 Å². The Morgan fingerprint density at radius 1 is 1.22 bits per heavy atom. The van der Waals surface area contributed by atoms with Crippen molar-refractivity contribution in [2.24, 2.45) is 28.6 Å². The Labute approximate surface area is 217 Å². The van der Waals surface area contributed by atoms with Crippen LogP contribution in [0.5, 0.6) is 0 Å². The summed E-state index contributed by atoms with van der Waals surface area (Å²) < 4.78 is 62.8. The van der Waals surface area contributed by atoms with Gasteiger partial charge in [0.25, 0.3) is 0 Å². The van der Waals surface area contributed by atoms with E-state index in [1.807, 2.05) is 0 Å². The molecule has 8 atom stereocenters. The molecule has 1 heterocycles. The highest BCUT2D eigenvalue weighted by Gasteiger charge is 2.76. The molecule has 200 valence electrons. The van der Waals surface area contributed by atoms with Gasteiger partial charge >= 0.3 is 5.97 Å². The largest absolute Gasteiger partial charge is 0.457 e. The summed E-state index contributed by atoms with van der Waals surface area (Å²) in [5.41, 5.74) is -6.04. The number of carbonyl (C=O) groups excluding carboxylic acids is 3. The second-order valence-electron chi connectivity index (χ2n) is 11.4. The molecule has 0 N–H and O–H groups in total. The van der Waals surface area contributed by atoms with Gasteiger partial charge in [0.1, 0.15) is 11.8 Å². The number of esters is 1. The molecule has 0 saturated heterocycles. The standard InChI is InChI=1S/C27H29F3O6S/c1-14-9-15-16-10-18(29)17-11-19(31)20(32)12-25(17,3)26(16,30)7-6-24(15,2)27(14,23(37)35-13-28)36-22(33)21-5-4-8-34-21/h4-5,8,11,14-16,18H,6-7,9-10,12-13H2,1-3H3/t14?,15-,16-,18?,24-,25-,26-,27?/m0/s1. The van der Waals surface area contributed by atoms with Gasteiger partial charge in [-0.2, -0.15) is 0 Å². The van der Waals surface area contributed by atoms with Gasteiger partial charge in [0.15, 0.2) is 5.60 Å². The average molecular weight is 539 g/mol. The molecule has 37 heavy (non-hydrogen) atoms. The van der Waals surface area contributed by atoms with Crippen LogP contribution in [0.3, 0.4) is 0 Å². The average Bonchev–Trinajstić information content (AvgIpc) is 3.45. The van der Waals surface area contributed by atoms with Crippen LogP contribution in [0, 0.1) is 28.6 Å². The Morgan fingerprint density at radius 3 is 2.59 bits per heavy atom. The molecule has 0 aromatic carbocycles. The minimum Gasteiger partial charge on any atom is -0.457 e. The van der Waals surface area contributed by atoms with Gasteiger partial charge in [-0.1, -0.05) is 20.8 Å². The first-order valence-corrected chi connectivity index (χ1v) is 12.9. The number of ether oxygens (including phenoxy) is 2. The van der Waals surface area contributed by atoms with E-state index < -0.39 is 76.8 Å². The maximum atomic E-state index is 17.3. The fourth-order valence-electron chi connectivity index (χ4n) is 8.11. The summed E-state index contributed by atoms with van der Waals surface area (Å²) in [6.45, 7) is 3.88. The van der Waals surface area contributed by atoms with Crippen molar-refractivity contribution in [3.8, 4) is 0 Å². The Bertz CT molecular complexity index is 1200. The summed E-state index contributed by atoms with van der Waals surface area (Å²) in [4.78, 5) is 37.6. The molecular formula is C27H29F3O6S. The summed E-state index contributed by atoms with van der Waals surface area (Å²) in [6.07, 6.45) is 0.476. The normalized spacial score (nSPS) is 42.8. The van der Waals surface area contributed by atoms with Crippen LogP contribution in [0.4, 0.5) is 13.2 Å². The van der Waals surface area contributed by atoms with E-state index in [1.54, 1.807) is 13.8 Å². The molecule has 1 aromatic heterocycles. The molecule has 0 bridgehead atoms. The Kier molecular flexibility index (Phi) is 6.01. The lowest BCUT2D eigenvalue weighted by molar-refractivity contribution is -0.177. The lowest BCUT2D eigenvalue weighted by Crippen LogP contribution is -2.66. The highest BCUT2D eigenvalue weighted by Crippen LogP contribution is 2.72. The molecule has 1 aromatic rings. The van der Waals surface area contributed by atoms with Crippen LogP contribution in [0.1, 0.15) is 63.4 Å². The van der Waals surface area contributed by atoms with Crippen molar-refractivity contribution in [2.75, 3.05) is 6.86 Å². The quantitative estimate of drug-likeness (QED) is 0.287. The SMILES string of the molecule is CC1C[C@H]2[C@@H]3CC(F)C4=CC(=O)C(=O)C[C@]4(C)[C@]3(F)CC[C@]2(C)C1(OC(=O)c1ccco1)C(=S)OCF. The zero-order chi connectivity index (χ0) is 27.0. The number of hydrogen-bond acceptors (Lipinski definition) is 7. The molecule has 3 unspecified atom stereocenters. The van der Waals surface area contributed by atoms with E-state index in [0.717, 1.165) is 6.08 Å². The number of allylic oxidation sites excluding steroid dienone is 1. The summed E-state index contributed by atoms with van der Waals surface area (Å²) in [5.74, 6) is -4.33. The van der Waals surface area contributed by atoms with Crippen molar-refractivity contribution >= 4 is 34.8 Å². The molecule has 10 heteroatoms. The molecule has 4 aliphatic rings. The van der Waals surface area contributed by atoms with Crippen molar-refractivity contribution in [3.05, 3.63) is 35.8 Å². The summed E-state index contributed by atoms with van der Waals surface area (Å²) in [5, 5.41) is -0.253. The first-order valence-electron chi connectivity index (χ1n) is 12.5. The first-order chi connectivity index (χ1) is 17.4. The van der Waals surface area contributed by atoms with Crippen molar-refractivity contribution < 1.29 is 41.4 Å². The molecule has 0 amide bonds. The van der Waals surface area contributed by atoms with Crippen LogP contribution in [-0.4, -0.2) is 46.9 Å². The number of carbonyl (C=O) groups is 3. The number of thiocarbonyl (C=S) groups is 1. The maximum Gasteiger partial charge on any atom is 0.375 e. The number of alkyl halides is 3. The van der Waals surface area contributed by atoms with Gasteiger partial charge in [0.05, 0.1) is 6.26 Å². The first kappa shape index (κ1) is 26.1. The van der Waals surface area contributed by atoms with Crippen molar-refractivity contribution in [1.82, 2.24) is 0 Å². The third-order valence-electron chi connectivity index (χ3n) is 9.94. The monoisotopic (exact) mass is 538 g/mol. The topological polar surface area (TPSA) is 82.8 Å². The summed E-state index contributed by atoms with van der Waals surface area (Å²) in [6, 6.07) is 2.94. The second kappa shape index (κ2) is 8.51. The van der Waals surface area contributed by atoms with Crippen LogP contribution >= 0.6 is 12.2 Å². The third-order valence-corrected chi connectivity index (χ3v) is 10.4. The number of Topliss-reactive ketones (excluding diaryl/α,β-unsaturated/α-hetero) is 1. The van der Waals surface area contributed by atoms with Gasteiger partial charge in [-0.15, -0.1) is 0 Å². The number of furan rings is 1. The third kappa shape index (κ3) is 3.29. The molecule has 5 rings (SSSR count). The fraction of sp³-hybridized carbons (Fsp3) is 0.630. The van der Waals surface area contributed by atoms with Gasteiger partial charge in [-0.3, -0.25) is 9.59 Å². The maximum absolute atomic E-state index is 17.3.